The molecule has 0 saturated carbocycles. The summed E-state index contributed by atoms with van der Waals surface area (Å²) in [7, 11) is 0. The van der Waals surface area contributed by atoms with Crippen LogP contribution in [-0.2, 0) is 10.3 Å². The summed E-state index contributed by atoms with van der Waals surface area (Å²) in [6.45, 7) is 4.08. The van der Waals surface area contributed by atoms with E-state index in [1.165, 1.54) is 11.5 Å². The first kappa shape index (κ1) is 14.3. The lowest BCUT2D eigenvalue weighted by atomic mass is 9.94. The van der Waals surface area contributed by atoms with Gasteiger partial charge in [-0.05, 0) is 24.0 Å². The number of ether oxygens (including phenoxy) is 1. The molecule has 1 aliphatic rings. The summed E-state index contributed by atoms with van der Waals surface area (Å²) in [6, 6.07) is 12.3. The first-order chi connectivity index (χ1) is 10.1. The van der Waals surface area contributed by atoms with Crippen LogP contribution in [0.3, 0.4) is 0 Å². The summed E-state index contributed by atoms with van der Waals surface area (Å²) in [4.78, 5) is 2.14. The van der Waals surface area contributed by atoms with Crippen molar-refractivity contribution in [1.29, 1.82) is 5.26 Å². The Kier molecular flexibility index (Phi) is 3.85. The molecule has 1 aromatic carbocycles. The first-order valence-corrected chi connectivity index (χ1v) is 7.79. The molecule has 1 unspecified atom stereocenters. The van der Waals surface area contributed by atoms with Gasteiger partial charge in [-0.15, -0.1) is 0 Å². The maximum Gasteiger partial charge on any atom is 0.162 e. The molecule has 0 radical (unpaired) electrons. The molecule has 108 valence electrons. The van der Waals surface area contributed by atoms with Gasteiger partial charge in [-0.3, -0.25) is 0 Å². The SMILES string of the molecule is CC1(c2ccccc2)CN(c2snc(Cl)c2C#N)CCO1. The Balaban J connectivity index is 1.91. The molecule has 0 aliphatic carbocycles. The fraction of sp³-hybridized carbons (Fsp3) is 0.333. The predicted octanol–water partition coefficient (Wildman–Crippen LogP) is 3.42. The highest BCUT2D eigenvalue weighted by atomic mass is 35.5. The van der Waals surface area contributed by atoms with E-state index in [2.05, 4.69) is 34.4 Å². The van der Waals surface area contributed by atoms with Crippen molar-refractivity contribution in [2.24, 2.45) is 0 Å². The standard InChI is InChI=1S/C15H14ClN3OS/c1-15(11-5-3-2-4-6-11)10-19(7-8-20-15)14-12(9-17)13(16)18-21-14/h2-6H,7-8,10H2,1H3. The van der Waals surface area contributed by atoms with Crippen LogP contribution in [0.4, 0.5) is 5.00 Å². The summed E-state index contributed by atoms with van der Waals surface area (Å²) in [6.07, 6.45) is 0. The van der Waals surface area contributed by atoms with Crippen molar-refractivity contribution in [2.75, 3.05) is 24.6 Å². The van der Waals surface area contributed by atoms with Crippen molar-refractivity contribution < 1.29 is 4.74 Å². The van der Waals surface area contributed by atoms with Crippen LogP contribution < -0.4 is 4.90 Å². The highest BCUT2D eigenvalue weighted by Gasteiger charge is 2.35. The molecule has 1 atom stereocenters. The summed E-state index contributed by atoms with van der Waals surface area (Å²) >= 11 is 7.24. The Bertz CT molecular complexity index is 682. The van der Waals surface area contributed by atoms with E-state index in [-0.39, 0.29) is 5.15 Å². The molecule has 1 fully saturated rings. The number of hydrogen-bond acceptors (Lipinski definition) is 5. The van der Waals surface area contributed by atoms with Gasteiger partial charge in [0, 0.05) is 6.54 Å². The summed E-state index contributed by atoms with van der Waals surface area (Å²) in [5, 5.41) is 10.3. The van der Waals surface area contributed by atoms with Gasteiger partial charge < -0.3 is 9.64 Å². The Morgan fingerprint density at radius 3 is 2.90 bits per heavy atom. The van der Waals surface area contributed by atoms with Crippen molar-refractivity contribution >= 4 is 28.1 Å². The van der Waals surface area contributed by atoms with E-state index in [4.69, 9.17) is 16.3 Å². The number of rotatable bonds is 2. The van der Waals surface area contributed by atoms with Crippen LogP contribution in [0.1, 0.15) is 18.1 Å². The number of benzene rings is 1. The molecular formula is C15H14ClN3OS. The van der Waals surface area contributed by atoms with Gasteiger partial charge in [-0.1, -0.05) is 41.9 Å². The van der Waals surface area contributed by atoms with Gasteiger partial charge in [-0.2, -0.15) is 9.64 Å². The zero-order valence-corrected chi connectivity index (χ0v) is 13.1. The Labute approximate surface area is 132 Å². The number of halogens is 1. The molecule has 3 rings (SSSR count). The molecule has 4 nitrogen and oxygen atoms in total. The molecule has 1 aliphatic heterocycles. The van der Waals surface area contributed by atoms with Crippen LogP contribution in [0.2, 0.25) is 5.15 Å². The second-order valence-corrected chi connectivity index (χ2v) is 6.24. The number of morpholine rings is 1. The second kappa shape index (κ2) is 5.64. The van der Waals surface area contributed by atoms with Crippen molar-refractivity contribution in [3.63, 3.8) is 0 Å². The van der Waals surface area contributed by atoms with Gasteiger partial charge in [-0.25, -0.2) is 0 Å². The smallest absolute Gasteiger partial charge is 0.162 e. The molecule has 0 spiro atoms. The van der Waals surface area contributed by atoms with Crippen LogP contribution in [-0.4, -0.2) is 24.1 Å². The lowest BCUT2D eigenvalue weighted by Gasteiger charge is -2.41. The van der Waals surface area contributed by atoms with Crippen LogP contribution in [0.5, 0.6) is 0 Å². The van der Waals surface area contributed by atoms with E-state index >= 15 is 0 Å². The van der Waals surface area contributed by atoms with Crippen LogP contribution in [0.15, 0.2) is 30.3 Å². The van der Waals surface area contributed by atoms with E-state index in [1.807, 2.05) is 18.2 Å². The summed E-state index contributed by atoms with van der Waals surface area (Å²) in [5.41, 5.74) is 1.19. The third-order valence-corrected chi connectivity index (χ3v) is 4.97. The molecule has 2 aromatic rings. The fourth-order valence-corrected chi connectivity index (χ4v) is 3.64. The predicted molar refractivity (Wildman–Crippen MR) is 83.8 cm³/mol. The third-order valence-electron chi connectivity index (χ3n) is 3.69. The zero-order chi connectivity index (χ0) is 14.9. The third kappa shape index (κ3) is 2.62. The minimum Gasteiger partial charge on any atom is -0.367 e. The van der Waals surface area contributed by atoms with Gasteiger partial charge in [0.2, 0.25) is 0 Å². The van der Waals surface area contributed by atoms with Crippen molar-refractivity contribution in [2.45, 2.75) is 12.5 Å². The maximum atomic E-state index is 9.24. The number of hydrogen-bond donors (Lipinski definition) is 0. The normalized spacial score (nSPS) is 22.0. The molecule has 21 heavy (non-hydrogen) atoms. The van der Waals surface area contributed by atoms with Crippen molar-refractivity contribution in [3.8, 4) is 6.07 Å². The lowest BCUT2D eigenvalue weighted by Crippen LogP contribution is -2.48. The van der Waals surface area contributed by atoms with Gasteiger partial charge in [0.25, 0.3) is 0 Å². The first-order valence-electron chi connectivity index (χ1n) is 6.64. The largest absolute Gasteiger partial charge is 0.367 e. The van der Waals surface area contributed by atoms with Gasteiger partial charge >= 0.3 is 0 Å². The van der Waals surface area contributed by atoms with Crippen molar-refractivity contribution in [1.82, 2.24) is 4.37 Å². The van der Waals surface area contributed by atoms with Crippen LogP contribution in [0, 0.1) is 11.3 Å². The van der Waals surface area contributed by atoms with Gasteiger partial charge in [0.1, 0.15) is 22.2 Å². The molecule has 0 N–H and O–H groups in total. The maximum absolute atomic E-state index is 9.24. The molecule has 6 heteroatoms. The molecule has 0 amide bonds. The van der Waals surface area contributed by atoms with Crippen LogP contribution >= 0.6 is 23.1 Å². The topological polar surface area (TPSA) is 49.2 Å². The van der Waals surface area contributed by atoms with E-state index in [1.54, 1.807) is 0 Å². The highest BCUT2D eigenvalue weighted by molar-refractivity contribution is 7.10. The lowest BCUT2D eigenvalue weighted by molar-refractivity contribution is -0.0464. The molecule has 1 aromatic heterocycles. The van der Waals surface area contributed by atoms with Crippen LogP contribution in [0.25, 0.3) is 0 Å². The number of nitrogens with zero attached hydrogens (tertiary/aromatic N) is 3. The molecular weight excluding hydrogens is 306 g/mol. The van der Waals surface area contributed by atoms with E-state index in [0.29, 0.717) is 18.7 Å². The van der Waals surface area contributed by atoms with E-state index < -0.39 is 5.60 Å². The average molecular weight is 320 g/mol. The Hall–Kier alpha value is -1.61. The fourth-order valence-electron chi connectivity index (χ4n) is 2.58. The zero-order valence-electron chi connectivity index (χ0n) is 11.5. The van der Waals surface area contributed by atoms with E-state index in [0.717, 1.165) is 17.1 Å². The number of anilines is 1. The van der Waals surface area contributed by atoms with Crippen molar-refractivity contribution in [3.05, 3.63) is 46.6 Å². The summed E-state index contributed by atoms with van der Waals surface area (Å²) in [5.74, 6) is 0. The average Bonchev–Trinajstić information content (AvgIpc) is 2.89. The second-order valence-electron chi connectivity index (χ2n) is 5.13. The Morgan fingerprint density at radius 2 is 2.19 bits per heavy atom. The minimum absolute atomic E-state index is 0.283. The molecule has 2 heterocycles. The number of aromatic nitrogens is 1. The monoisotopic (exact) mass is 319 g/mol. The Morgan fingerprint density at radius 1 is 1.43 bits per heavy atom. The quantitative estimate of drug-likeness (QED) is 0.851. The molecule has 0 bridgehead atoms. The molecule has 1 saturated heterocycles. The van der Waals surface area contributed by atoms with E-state index in [9.17, 15) is 5.26 Å². The number of nitriles is 1. The van der Waals surface area contributed by atoms with Gasteiger partial charge in [0.15, 0.2) is 5.15 Å². The van der Waals surface area contributed by atoms with Gasteiger partial charge in [0.05, 0.1) is 13.2 Å². The highest BCUT2D eigenvalue weighted by Crippen LogP contribution is 2.36. The summed E-state index contributed by atoms with van der Waals surface area (Å²) < 4.78 is 10.1. The minimum atomic E-state index is -0.400.